The van der Waals surface area contributed by atoms with Gasteiger partial charge in [-0.05, 0) is 48.9 Å². The average molecular weight is 458 g/mol. The highest BCUT2D eigenvalue weighted by atomic mass is 16.6. The van der Waals surface area contributed by atoms with Crippen molar-refractivity contribution in [2.75, 3.05) is 5.32 Å². The number of hydrogen-bond acceptors (Lipinski definition) is 7. The minimum Gasteiger partial charge on any atom is -0.436 e. The van der Waals surface area contributed by atoms with Gasteiger partial charge in [0.2, 0.25) is 11.8 Å². The Hall–Kier alpha value is -4.73. The summed E-state index contributed by atoms with van der Waals surface area (Å²) in [4.78, 5) is 39.3. The van der Waals surface area contributed by atoms with Crippen molar-refractivity contribution >= 4 is 39.5 Å². The van der Waals surface area contributed by atoms with Crippen molar-refractivity contribution in [2.45, 2.75) is 19.4 Å². The molecule has 0 aliphatic rings. The highest BCUT2D eigenvalue weighted by molar-refractivity contribution is 5.91. The SMILES string of the molecule is O=C(CCCn1c(=O)oc2cc([N+](=O)[O-])ccc21)Nc1ccc(-c2nc3ccccc3o2)cc1. The van der Waals surface area contributed by atoms with E-state index in [4.69, 9.17) is 8.83 Å². The molecule has 0 atom stereocenters. The molecule has 3 aromatic carbocycles. The van der Waals surface area contributed by atoms with Crippen LogP contribution in [0.5, 0.6) is 0 Å². The lowest BCUT2D eigenvalue weighted by molar-refractivity contribution is -0.384. The number of nitro benzene ring substituents is 1. The van der Waals surface area contributed by atoms with E-state index >= 15 is 0 Å². The molecule has 0 unspecified atom stereocenters. The van der Waals surface area contributed by atoms with Crippen LogP contribution in [0.1, 0.15) is 12.8 Å². The van der Waals surface area contributed by atoms with Crippen LogP contribution < -0.4 is 11.1 Å². The maximum Gasteiger partial charge on any atom is 0.419 e. The fourth-order valence-corrected chi connectivity index (χ4v) is 3.69. The molecule has 0 fully saturated rings. The molecule has 0 saturated carbocycles. The summed E-state index contributed by atoms with van der Waals surface area (Å²) in [6.07, 6.45) is 0.567. The van der Waals surface area contributed by atoms with Gasteiger partial charge in [-0.15, -0.1) is 0 Å². The van der Waals surface area contributed by atoms with Gasteiger partial charge in [0.1, 0.15) is 5.52 Å². The van der Waals surface area contributed by atoms with E-state index in [-0.39, 0.29) is 30.1 Å². The number of non-ortho nitro benzene ring substituents is 1. The van der Waals surface area contributed by atoms with E-state index in [0.717, 1.165) is 11.1 Å². The maximum atomic E-state index is 12.4. The Labute approximate surface area is 191 Å². The molecule has 34 heavy (non-hydrogen) atoms. The summed E-state index contributed by atoms with van der Waals surface area (Å²) < 4.78 is 12.2. The normalized spacial score (nSPS) is 11.2. The van der Waals surface area contributed by atoms with Crippen molar-refractivity contribution in [3.63, 3.8) is 0 Å². The number of benzene rings is 3. The number of aromatic nitrogens is 2. The zero-order valence-corrected chi connectivity index (χ0v) is 17.8. The minimum absolute atomic E-state index is 0.141. The number of carbonyl (C=O) groups excluding carboxylic acids is 1. The van der Waals surface area contributed by atoms with Crippen molar-refractivity contribution in [3.05, 3.63) is 87.4 Å². The molecule has 170 valence electrons. The summed E-state index contributed by atoms with van der Waals surface area (Å²) in [5.74, 6) is -0.320. The number of nitrogens with zero attached hydrogens (tertiary/aromatic N) is 3. The molecule has 5 rings (SSSR count). The van der Waals surface area contributed by atoms with Gasteiger partial charge < -0.3 is 14.2 Å². The van der Waals surface area contributed by atoms with Gasteiger partial charge in [-0.25, -0.2) is 9.78 Å². The second-order valence-electron chi connectivity index (χ2n) is 7.64. The van der Waals surface area contributed by atoms with E-state index in [1.54, 1.807) is 12.1 Å². The summed E-state index contributed by atoms with van der Waals surface area (Å²) in [6, 6.07) is 18.7. The van der Waals surface area contributed by atoms with Crippen LogP contribution in [0.4, 0.5) is 11.4 Å². The third-order valence-corrected chi connectivity index (χ3v) is 5.36. The Bertz CT molecular complexity index is 1550. The van der Waals surface area contributed by atoms with Gasteiger partial charge in [0.25, 0.3) is 5.69 Å². The van der Waals surface area contributed by atoms with Crippen molar-refractivity contribution in [1.82, 2.24) is 9.55 Å². The summed E-state index contributed by atoms with van der Waals surface area (Å²) >= 11 is 0. The molecule has 10 heteroatoms. The molecule has 0 bridgehead atoms. The monoisotopic (exact) mass is 458 g/mol. The Morgan fingerprint density at radius 2 is 1.82 bits per heavy atom. The molecule has 2 aromatic heterocycles. The Kier molecular flexibility index (Phi) is 5.38. The summed E-state index contributed by atoms with van der Waals surface area (Å²) in [6.45, 7) is 0.244. The first-order chi connectivity index (χ1) is 16.5. The lowest BCUT2D eigenvalue weighted by Crippen LogP contribution is -2.17. The Morgan fingerprint density at radius 3 is 2.59 bits per heavy atom. The van der Waals surface area contributed by atoms with E-state index < -0.39 is 10.7 Å². The summed E-state index contributed by atoms with van der Waals surface area (Å²) in [5, 5.41) is 13.7. The molecule has 0 spiro atoms. The number of aryl methyl sites for hydroxylation is 1. The smallest absolute Gasteiger partial charge is 0.419 e. The first-order valence-electron chi connectivity index (χ1n) is 10.5. The zero-order valence-electron chi connectivity index (χ0n) is 17.8. The molecule has 0 aliphatic heterocycles. The first kappa shape index (κ1) is 21.1. The molecular weight excluding hydrogens is 440 g/mol. The second-order valence-corrected chi connectivity index (χ2v) is 7.64. The molecule has 0 saturated heterocycles. The van der Waals surface area contributed by atoms with Crippen LogP contribution in [0.25, 0.3) is 33.7 Å². The predicted octanol–water partition coefficient (Wildman–Crippen LogP) is 4.73. The van der Waals surface area contributed by atoms with E-state index in [1.807, 2.05) is 36.4 Å². The molecule has 10 nitrogen and oxygen atoms in total. The quantitative estimate of drug-likeness (QED) is 0.275. The third kappa shape index (κ3) is 4.16. The molecule has 5 aromatic rings. The molecular formula is C24H18N4O6. The van der Waals surface area contributed by atoms with E-state index in [0.29, 0.717) is 29.1 Å². The molecule has 1 amide bonds. The van der Waals surface area contributed by atoms with Gasteiger partial charge in [0, 0.05) is 30.3 Å². The number of oxazole rings is 2. The van der Waals surface area contributed by atoms with Crippen molar-refractivity contribution in [1.29, 1.82) is 0 Å². The lowest BCUT2D eigenvalue weighted by atomic mass is 10.2. The van der Waals surface area contributed by atoms with Crippen LogP contribution in [-0.2, 0) is 11.3 Å². The molecule has 0 radical (unpaired) electrons. The molecule has 0 aliphatic carbocycles. The van der Waals surface area contributed by atoms with Gasteiger partial charge in [-0.1, -0.05) is 12.1 Å². The third-order valence-electron chi connectivity index (χ3n) is 5.36. The number of nitro groups is 1. The van der Waals surface area contributed by atoms with Gasteiger partial charge in [-0.3, -0.25) is 19.5 Å². The lowest BCUT2D eigenvalue weighted by Gasteiger charge is -2.06. The number of amides is 1. The molecule has 1 N–H and O–H groups in total. The number of rotatable bonds is 7. The standard InChI is InChI=1S/C24H18N4O6/c29-22(6-3-13-27-19-12-11-17(28(31)32)14-21(19)34-24(27)30)25-16-9-7-15(8-10-16)23-26-18-4-1-2-5-20(18)33-23/h1-2,4-5,7-12,14H,3,6,13H2,(H,25,29). The first-order valence-corrected chi connectivity index (χ1v) is 10.5. The Balaban J connectivity index is 1.19. The number of carbonyl (C=O) groups is 1. The second kappa shape index (κ2) is 8.66. The minimum atomic E-state index is -0.620. The number of hydrogen-bond donors (Lipinski definition) is 1. The number of fused-ring (bicyclic) bond motifs is 2. The van der Waals surface area contributed by atoms with Gasteiger partial charge in [0.15, 0.2) is 11.2 Å². The van der Waals surface area contributed by atoms with Crippen LogP contribution in [0.2, 0.25) is 0 Å². The van der Waals surface area contributed by atoms with Crippen LogP contribution in [0.15, 0.2) is 80.4 Å². The van der Waals surface area contributed by atoms with E-state index in [9.17, 15) is 19.7 Å². The van der Waals surface area contributed by atoms with E-state index in [2.05, 4.69) is 10.3 Å². The fraction of sp³-hybridized carbons (Fsp3) is 0.125. The van der Waals surface area contributed by atoms with Gasteiger partial charge in [-0.2, -0.15) is 0 Å². The Morgan fingerprint density at radius 1 is 1.03 bits per heavy atom. The molecule has 2 heterocycles. The van der Waals surface area contributed by atoms with Crippen LogP contribution in [0, 0.1) is 10.1 Å². The highest BCUT2D eigenvalue weighted by Crippen LogP contribution is 2.25. The van der Waals surface area contributed by atoms with Crippen molar-refractivity contribution in [2.24, 2.45) is 0 Å². The zero-order chi connectivity index (χ0) is 23.7. The number of para-hydroxylation sites is 2. The topological polar surface area (TPSA) is 133 Å². The average Bonchev–Trinajstić information content (AvgIpc) is 3.40. The van der Waals surface area contributed by atoms with Crippen LogP contribution in [0.3, 0.4) is 0 Å². The van der Waals surface area contributed by atoms with Crippen LogP contribution in [-0.4, -0.2) is 20.4 Å². The van der Waals surface area contributed by atoms with Crippen molar-refractivity contribution in [3.8, 4) is 11.5 Å². The van der Waals surface area contributed by atoms with E-state index in [1.165, 1.54) is 22.8 Å². The van der Waals surface area contributed by atoms with Crippen molar-refractivity contribution < 1.29 is 18.6 Å². The van der Waals surface area contributed by atoms with Crippen LogP contribution >= 0.6 is 0 Å². The fourth-order valence-electron chi connectivity index (χ4n) is 3.69. The van der Waals surface area contributed by atoms with Gasteiger partial charge >= 0.3 is 5.76 Å². The number of anilines is 1. The van der Waals surface area contributed by atoms with Gasteiger partial charge in [0.05, 0.1) is 16.5 Å². The maximum absolute atomic E-state index is 12.4. The number of nitrogens with one attached hydrogen (secondary N) is 1. The summed E-state index contributed by atoms with van der Waals surface area (Å²) in [7, 11) is 0. The predicted molar refractivity (Wildman–Crippen MR) is 124 cm³/mol. The highest BCUT2D eigenvalue weighted by Gasteiger charge is 2.14. The summed E-state index contributed by atoms with van der Waals surface area (Å²) in [5.41, 5.74) is 3.34. The largest absolute Gasteiger partial charge is 0.436 e.